The fraction of sp³-hybridized carbons (Fsp3) is 0.467. The summed E-state index contributed by atoms with van der Waals surface area (Å²) in [7, 11) is 2.04. The molecule has 1 aliphatic rings. The number of hydrogen-bond donors (Lipinski definition) is 1. The second-order valence-electron chi connectivity index (χ2n) is 5.28. The average molecular weight is 343 g/mol. The first-order chi connectivity index (χ1) is 10.7. The molecule has 1 atom stereocenters. The number of ether oxygens (including phenoxy) is 1. The Kier molecular flexibility index (Phi) is 6.32. The number of hydrogen-bond acceptors (Lipinski definition) is 6. The lowest BCUT2D eigenvalue weighted by Gasteiger charge is -2.30. The summed E-state index contributed by atoms with van der Waals surface area (Å²) in [5.74, 6) is 1.04. The number of nitrogens with one attached hydrogen (secondary N) is 1. The lowest BCUT2D eigenvalue weighted by atomic mass is 10.2. The van der Waals surface area contributed by atoms with E-state index in [1.54, 1.807) is 18.2 Å². The van der Waals surface area contributed by atoms with E-state index < -0.39 is 0 Å². The van der Waals surface area contributed by atoms with E-state index in [-0.39, 0.29) is 30.0 Å². The summed E-state index contributed by atoms with van der Waals surface area (Å²) < 4.78 is 24.1. The van der Waals surface area contributed by atoms with Crippen LogP contribution < -0.4 is 10.1 Å². The van der Waals surface area contributed by atoms with Crippen molar-refractivity contribution >= 4 is 12.4 Å². The monoisotopic (exact) mass is 342 g/mol. The molecule has 1 N–H and O–H groups in total. The van der Waals surface area contributed by atoms with Gasteiger partial charge in [-0.05, 0) is 19.2 Å². The van der Waals surface area contributed by atoms with Gasteiger partial charge in [0.05, 0.1) is 19.1 Å². The Labute approximate surface area is 140 Å². The van der Waals surface area contributed by atoms with Crippen LogP contribution in [0.2, 0.25) is 0 Å². The molecule has 2 aromatic rings. The molecule has 1 saturated heterocycles. The Bertz CT molecular complexity index is 625. The first kappa shape index (κ1) is 17.7. The van der Waals surface area contributed by atoms with Crippen LogP contribution >= 0.6 is 12.4 Å². The van der Waals surface area contributed by atoms with Gasteiger partial charge in [0.15, 0.2) is 17.4 Å². The molecule has 23 heavy (non-hydrogen) atoms. The Hall–Kier alpha value is -1.70. The van der Waals surface area contributed by atoms with E-state index in [0.717, 1.165) is 19.6 Å². The summed E-state index contributed by atoms with van der Waals surface area (Å²) in [4.78, 5) is 6.60. The van der Waals surface area contributed by atoms with Crippen LogP contribution in [0.3, 0.4) is 0 Å². The molecule has 1 unspecified atom stereocenters. The van der Waals surface area contributed by atoms with E-state index in [1.165, 1.54) is 6.07 Å². The van der Waals surface area contributed by atoms with E-state index in [1.807, 2.05) is 7.05 Å². The van der Waals surface area contributed by atoms with Crippen LogP contribution in [0, 0.1) is 5.82 Å². The molecule has 1 aromatic carbocycles. The van der Waals surface area contributed by atoms with Crippen LogP contribution in [0.25, 0.3) is 0 Å². The topological polar surface area (TPSA) is 63.4 Å². The highest BCUT2D eigenvalue weighted by Gasteiger charge is 2.25. The number of likely N-dealkylation sites (N-methyl/N-ethyl adjacent to an activating group) is 1. The van der Waals surface area contributed by atoms with E-state index in [0.29, 0.717) is 24.7 Å². The van der Waals surface area contributed by atoms with Gasteiger partial charge in [-0.1, -0.05) is 17.3 Å². The van der Waals surface area contributed by atoms with E-state index in [9.17, 15) is 4.39 Å². The Morgan fingerprint density at radius 3 is 3.04 bits per heavy atom. The van der Waals surface area contributed by atoms with Crippen LogP contribution in [0.15, 0.2) is 28.8 Å². The van der Waals surface area contributed by atoms with Crippen molar-refractivity contribution in [1.29, 1.82) is 0 Å². The second-order valence-corrected chi connectivity index (χ2v) is 5.28. The highest BCUT2D eigenvalue weighted by Crippen LogP contribution is 2.18. The van der Waals surface area contributed by atoms with Crippen LogP contribution in [-0.2, 0) is 6.42 Å². The van der Waals surface area contributed by atoms with Crippen molar-refractivity contribution in [3.05, 3.63) is 41.8 Å². The number of piperazine rings is 1. The molecule has 0 saturated carbocycles. The molecule has 1 fully saturated rings. The number of aromatic nitrogens is 2. The minimum absolute atomic E-state index is 0. The fourth-order valence-corrected chi connectivity index (χ4v) is 2.41. The van der Waals surface area contributed by atoms with Crippen LogP contribution in [0.1, 0.15) is 17.8 Å². The third-order valence-electron chi connectivity index (χ3n) is 3.70. The van der Waals surface area contributed by atoms with Gasteiger partial charge in [-0.15, -0.1) is 12.4 Å². The zero-order valence-corrected chi connectivity index (χ0v) is 13.7. The van der Waals surface area contributed by atoms with Crippen molar-refractivity contribution in [2.45, 2.75) is 12.5 Å². The van der Waals surface area contributed by atoms with Crippen molar-refractivity contribution in [3.63, 3.8) is 0 Å². The molecule has 8 heteroatoms. The SMILES string of the molecule is CN1CCNCC1c1noc(CCOc2ccccc2F)n1.Cl. The molecule has 0 amide bonds. The molecule has 126 valence electrons. The Morgan fingerprint density at radius 1 is 1.43 bits per heavy atom. The maximum Gasteiger partial charge on any atom is 0.230 e. The lowest BCUT2D eigenvalue weighted by molar-refractivity contribution is 0.190. The van der Waals surface area contributed by atoms with Crippen molar-refractivity contribution in [1.82, 2.24) is 20.4 Å². The van der Waals surface area contributed by atoms with Gasteiger partial charge in [0.2, 0.25) is 5.89 Å². The second kappa shape index (κ2) is 8.24. The van der Waals surface area contributed by atoms with Gasteiger partial charge < -0.3 is 14.6 Å². The van der Waals surface area contributed by atoms with E-state index >= 15 is 0 Å². The standard InChI is InChI=1S/C15H19FN4O2.ClH/c1-20-8-7-17-10-12(20)15-18-14(22-19-15)6-9-21-13-5-3-2-4-11(13)16;/h2-5,12,17H,6-10H2,1H3;1H. The largest absolute Gasteiger partial charge is 0.490 e. The average Bonchev–Trinajstić information content (AvgIpc) is 2.98. The Balaban J connectivity index is 0.00000192. The summed E-state index contributed by atoms with van der Waals surface area (Å²) in [5, 5.41) is 7.35. The highest BCUT2D eigenvalue weighted by molar-refractivity contribution is 5.85. The van der Waals surface area contributed by atoms with E-state index in [2.05, 4.69) is 20.4 Å². The molecule has 0 radical (unpaired) electrons. The molecule has 3 rings (SSSR count). The molecular formula is C15H20ClFN4O2. The first-order valence-corrected chi connectivity index (χ1v) is 7.35. The van der Waals surface area contributed by atoms with Crippen molar-refractivity contribution < 1.29 is 13.7 Å². The molecule has 0 aliphatic carbocycles. The van der Waals surface area contributed by atoms with Gasteiger partial charge in [-0.2, -0.15) is 4.98 Å². The lowest BCUT2D eigenvalue weighted by Crippen LogP contribution is -2.44. The van der Waals surface area contributed by atoms with Crippen LogP contribution in [0.5, 0.6) is 5.75 Å². The number of halogens is 2. The number of nitrogens with zero attached hydrogens (tertiary/aromatic N) is 3. The van der Waals surface area contributed by atoms with Crippen molar-refractivity contribution in [2.24, 2.45) is 0 Å². The predicted molar refractivity (Wildman–Crippen MR) is 85.4 cm³/mol. The maximum absolute atomic E-state index is 13.4. The molecule has 1 aromatic heterocycles. The molecule has 6 nitrogen and oxygen atoms in total. The van der Waals surface area contributed by atoms with Gasteiger partial charge in [0, 0.05) is 19.6 Å². The van der Waals surface area contributed by atoms with E-state index in [4.69, 9.17) is 9.26 Å². The molecular weight excluding hydrogens is 323 g/mol. The van der Waals surface area contributed by atoms with Gasteiger partial charge in [-0.25, -0.2) is 4.39 Å². The number of rotatable bonds is 5. The zero-order valence-electron chi connectivity index (χ0n) is 12.9. The Morgan fingerprint density at radius 2 is 2.26 bits per heavy atom. The maximum atomic E-state index is 13.4. The first-order valence-electron chi connectivity index (χ1n) is 7.35. The third kappa shape index (κ3) is 4.40. The molecule has 2 heterocycles. The summed E-state index contributed by atoms with van der Waals surface area (Å²) in [5.41, 5.74) is 0. The summed E-state index contributed by atoms with van der Waals surface area (Å²) in [6, 6.07) is 6.44. The van der Waals surface area contributed by atoms with Gasteiger partial charge in [0.25, 0.3) is 0 Å². The molecule has 0 spiro atoms. The minimum Gasteiger partial charge on any atom is -0.490 e. The number of para-hydroxylation sites is 1. The summed E-state index contributed by atoms with van der Waals surface area (Å²) >= 11 is 0. The zero-order chi connectivity index (χ0) is 15.4. The molecule has 0 bridgehead atoms. The van der Waals surface area contributed by atoms with Gasteiger partial charge in [0.1, 0.15) is 0 Å². The molecule has 1 aliphatic heterocycles. The normalized spacial score (nSPS) is 18.4. The minimum atomic E-state index is -0.372. The van der Waals surface area contributed by atoms with Crippen molar-refractivity contribution in [2.75, 3.05) is 33.3 Å². The summed E-state index contributed by atoms with van der Waals surface area (Å²) in [6.07, 6.45) is 0.450. The third-order valence-corrected chi connectivity index (χ3v) is 3.70. The van der Waals surface area contributed by atoms with Gasteiger partial charge >= 0.3 is 0 Å². The van der Waals surface area contributed by atoms with Crippen molar-refractivity contribution in [3.8, 4) is 5.75 Å². The van der Waals surface area contributed by atoms with Crippen LogP contribution in [0.4, 0.5) is 4.39 Å². The summed E-state index contributed by atoms with van der Waals surface area (Å²) in [6.45, 7) is 3.02. The van der Waals surface area contributed by atoms with Crippen LogP contribution in [-0.4, -0.2) is 48.3 Å². The number of benzene rings is 1. The smallest absolute Gasteiger partial charge is 0.230 e. The predicted octanol–water partition coefficient (Wildman–Crippen LogP) is 1.83. The highest BCUT2D eigenvalue weighted by atomic mass is 35.5. The fourth-order valence-electron chi connectivity index (χ4n) is 2.41. The quantitative estimate of drug-likeness (QED) is 0.894. The van der Waals surface area contributed by atoms with Gasteiger partial charge in [-0.3, -0.25) is 4.90 Å².